The zero-order chi connectivity index (χ0) is 24.1. The molecule has 0 aliphatic rings. The molecule has 0 atom stereocenters. The zero-order valence-electron chi connectivity index (χ0n) is 18.3. The largest absolute Gasteiger partial charge is 0.324 e. The number of urea groups is 1. The van der Waals surface area contributed by atoms with Crippen LogP contribution in [0.5, 0.6) is 0 Å². The summed E-state index contributed by atoms with van der Waals surface area (Å²) in [5.74, 6) is 2.02. The highest BCUT2D eigenvalue weighted by Gasteiger charge is 2.09. The van der Waals surface area contributed by atoms with Gasteiger partial charge in [0.1, 0.15) is 5.82 Å². The number of carbonyl (C=O) groups is 1. The van der Waals surface area contributed by atoms with Gasteiger partial charge in [-0.25, -0.2) is 4.79 Å². The molecule has 0 unspecified atom stereocenters. The molecule has 0 spiro atoms. The first kappa shape index (κ1) is 23.3. The summed E-state index contributed by atoms with van der Waals surface area (Å²) in [6.07, 6.45) is 0.641. The average Bonchev–Trinajstić information content (AvgIpc) is 3.21. The minimum atomic E-state index is -0.409. The van der Waals surface area contributed by atoms with Gasteiger partial charge in [0.05, 0.1) is 10.0 Å². The standard InChI is InChI=1S/C22H21Cl2N9O/c1-3-18-28-20(31-21(29-18)30-19-10-12(2)32-33-19)25-13-4-6-14(7-5-13)26-22(34)27-15-8-9-16(23)17(24)11-15/h4-11H,3H2,1-2H3,(H2,26,27,34)(H3,25,28,29,30,31,32,33). The van der Waals surface area contributed by atoms with E-state index >= 15 is 0 Å². The van der Waals surface area contributed by atoms with Crippen LogP contribution in [-0.2, 0) is 6.42 Å². The number of benzene rings is 2. The molecule has 12 heteroatoms. The van der Waals surface area contributed by atoms with E-state index in [2.05, 4.69) is 46.4 Å². The minimum absolute atomic E-state index is 0.359. The first-order valence-corrected chi connectivity index (χ1v) is 11.1. The Morgan fingerprint density at radius 2 is 1.50 bits per heavy atom. The molecule has 2 aromatic carbocycles. The van der Waals surface area contributed by atoms with Crippen molar-refractivity contribution in [2.75, 3.05) is 21.3 Å². The number of amides is 2. The predicted molar refractivity (Wildman–Crippen MR) is 135 cm³/mol. The van der Waals surface area contributed by atoms with E-state index in [1.807, 2.05) is 19.9 Å². The van der Waals surface area contributed by atoms with Crippen molar-refractivity contribution in [3.8, 4) is 0 Å². The molecule has 10 nitrogen and oxygen atoms in total. The van der Waals surface area contributed by atoms with Crippen molar-refractivity contribution in [3.63, 3.8) is 0 Å². The van der Waals surface area contributed by atoms with E-state index < -0.39 is 6.03 Å². The van der Waals surface area contributed by atoms with Crippen molar-refractivity contribution in [2.24, 2.45) is 0 Å². The minimum Gasteiger partial charge on any atom is -0.324 e. The highest BCUT2D eigenvalue weighted by atomic mass is 35.5. The van der Waals surface area contributed by atoms with Crippen LogP contribution in [0.1, 0.15) is 18.4 Å². The van der Waals surface area contributed by atoms with Crippen LogP contribution in [0.25, 0.3) is 0 Å². The summed E-state index contributed by atoms with van der Waals surface area (Å²) in [5.41, 5.74) is 2.79. The van der Waals surface area contributed by atoms with E-state index in [1.54, 1.807) is 42.5 Å². The lowest BCUT2D eigenvalue weighted by atomic mass is 10.3. The molecule has 0 aliphatic heterocycles. The van der Waals surface area contributed by atoms with Gasteiger partial charge in [-0.1, -0.05) is 30.1 Å². The van der Waals surface area contributed by atoms with Crippen LogP contribution in [-0.4, -0.2) is 31.2 Å². The number of rotatable bonds is 7. The van der Waals surface area contributed by atoms with Gasteiger partial charge in [0.2, 0.25) is 11.9 Å². The van der Waals surface area contributed by atoms with Crippen LogP contribution in [0.15, 0.2) is 48.5 Å². The fourth-order valence-corrected chi connectivity index (χ4v) is 3.22. The van der Waals surface area contributed by atoms with Crippen LogP contribution in [0, 0.1) is 6.92 Å². The smallest absolute Gasteiger partial charge is 0.323 e. The Kier molecular flexibility index (Phi) is 7.09. The van der Waals surface area contributed by atoms with E-state index in [4.69, 9.17) is 23.2 Å². The summed E-state index contributed by atoms with van der Waals surface area (Å²) in [6.45, 7) is 3.87. The summed E-state index contributed by atoms with van der Waals surface area (Å²) >= 11 is 11.9. The molecule has 2 aromatic heterocycles. The van der Waals surface area contributed by atoms with E-state index in [1.165, 1.54) is 0 Å². The van der Waals surface area contributed by atoms with Crippen molar-refractivity contribution < 1.29 is 4.79 Å². The van der Waals surface area contributed by atoms with Crippen LogP contribution in [0.3, 0.4) is 0 Å². The molecule has 34 heavy (non-hydrogen) atoms. The van der Waals surface area contributed by atoms with Gasteiger partial charge in [-0.2, -0.15) is 20.1 Å². The quantitative estimate of drug-likeness (QED) is 0.214. The first-order valence-electron chi connectivity index (χ1n) is 10.3. The highest BCUT2D eigenvalue weighted by molar-refractivity contribution is 6.42. The van der Waals surface area contributed by atoms with Crippen molar-refractivity contribution in [3.05, 3.63) is 70.1 Å². The number of aromatic nitrogens is 5. The molecule has 0 radical (unpaired) electrons. The van der Waals surface area contributed by atoms with Gasteiger partial charge in [-0.05, 0) is 49.4 Å². The topological polar surface area (TPSA) is 133 Å². The van der Waals surface area contributed by atoms with Crippen molar-refractivity contribution in [2.45, 2.75) is 20.3 Å². The number of anilines is 6. The second-order valence-corrected chi connectivity index (χ2v) is 8.04. The fourth-order valence-electron chi connectivity index (χ4n) is 2.92. The predicted octanol–water partition coefficient (Wildman–Crippen LogP) is 5.90. The first-order chi connectivity index (χ1) is 16.4. The summed E-state index contributed by atoms with van der Waals surface area (Å²) in [5, 5.41) is 19.5. The Morgan fingerprint density at radius 1 is 0.853 bits per heavy atom. The number of aryl methyl sites for hydroxylation is 2. The Hall–Kier alpha value is -3.89. The lowest BCUT2D eigenvalue weighted by Gasteiger charge is -2.11. The van der Waals surface area contributed by atoms with Gasteiger partial charge >= 0.3 is 6.03 Å². The molecule has 5 N–H and O–H groups in total. The number of carbonyl (C=O) groups excluding carboxylic acids is 1. The molecular weight excluding hydrogens is 477 g/mol. The maximum atomic E-state index is 12.3. The Balaban J connectivity index is 1.40. The molecule has 174 valence electrons. The number of hydrogen-bond acceptors (Lipinski definition) is 7. The second-order valence-electron chi connectivity index (χ2n) is 7.22. The molecule has 2 amide bonds. The van der Waals surface area contributed by atoms with E-state index in [-0.39, 0.29) is 0 Å². The summed E-state index contributed by atoms with van der Waals surface area (Å²) < 4.78 is 0. The number of aromatic amines is 1. The molecule has 0 fully saturated rings. The van der Waals surface area contributed by atoms with Crippen LogP contribution < -0.4 is 21.3 Å². The lowest BCUT2D eigenvalue weighted by Crippen LogP contribution is -2.19. The second kappa shape index (κ2) is 10.4. The van der Waals surface area contributed by atoms with Crippen molar-refractivity contribution in [1.29, 1.82) is 0 Å². The van der Waals surface area contributed by atoms with Crippen molar-refractivity contribution in [1.82, 2.24) is 25.1 Å². The molecule has 0 bridgehead atoms. The number of nitrogens with one attached hydrogen (secondary N) is 5. The summed E-state index contributed by atoms with van der Waals surface area (Å²) in [6, 6.07) is 13.4. The van der Waals surface area contributed by atoms with E-state index in [0.29, 0.717) is 51.4 Å². The third-order valence-corrected chi connectivity index (χ3v) is 5.26. The average molecular weight is 498 g/mol. The Bertz CT molecular complexity index is 1310. The molecule has 4 rings (SSSR count). The number of H-pyrrole nitrogens is 1. The molecule has 0 aliphatic carbocycles. The molecule has 2 heterocycles. The molecule has 4 aromatic rings. The maximum absolute atomic E-state index is 12.3. The van der Waals surface area contributed by atoms with Gasteiger partial charge < -0.3 is 21.3 Å². The monoisotopic (exact) mass is 497 g/mol. The number of halogens is 2. The SMILES string of the molecule is CCc1nc(Nc2ccc(NC(=O)Nc3ccc(Cl)c(Cl)c3)cc2)nc(Nc2cc(C)[nH]n2)n1. The maximum Gasteiger partial charge on any atom is 0.323 e. The fraction of sp³-hybridized carbons (Fsp3) is 0.136. The molecular formula is C22H21Cl2N9O. The highest BCUT2D eigenvalue weighted by Crippen LogP contribution is 2.25. The molecule has 0 saturated heterocycles. The third kappa shape index (κ3) is 6.12. The third-order valence-electron chi connectivity index (χ3n) is 4.52. The number of nitrogens with zero attached hydrogens (tertiary/aromatic N) is 4. The van der Waals surface area contributed by atoms with E-state index in [0.717, 1.165) is 11.4 Å². The summed E-state index contributed by atoms with van der Waals surface area (Å²) in [4.78, 5) is 25.5. The van der Waals surface area contributed by atoms with Crippen LogP contribution >= 0.6 is 23.2 Å². The van der Waals surface area contributed by atoms with Gasteiger partial charge in [-0.3, -0.25) is 5.10 Å². The Labute approximate surface area is 205 Å². The van der Waals surface area contributed by atoms with Crippen molar-refractivity contribution >= 4 is 64.0 Å². The van der Waals surface area contributed by atoms with Crippen LogP contribution in [0.4, 0.5) is 39.6 Å². The normalized spacial score (nSPS) is 10.6. The van der Waals surface area contributed by atoms with Crippen LogP contribution in [0.2, 0.25) is 10.0 Å². The zero-order valence-corrected chi connectivity index (χ0v) is 19.8. The van der Waals surface area contributed by atoms with E-state index in [9.17, 15) is 4.79 Å². The van der Waals surface area contributed by atoms with Gasteiger partial charge in [-0.15, -0.1) is 0 Å². The Morgan fingerprint density at radius 3 is 2.15 bits per heavy atom. The summed E-state index contributed by atoms with van der Waals surface area (Å²) in [7, 11) is 0. The van der Waals surface area contributed by atoms with Gasteiger partial charge in [0, 0.05) is 35.2 Å². The van der Waals surface area contributed by atoms with Gasteiger partial charge in [0.15, 0.2) is 5.82 Å². The molecule has 0 saturated carbocycles. The lowest BCUT2D eigenvalue weighted by molar-refractivity contribution is 0.262. The van der Waals surface area contributed by atoms with Gasteiger partial charge in [0.25, 0.3) is 0 Å². The number of hydrogen-bond donors (Lipinski definition) is 5.